The zero-order valence-corrected chi connectivity index (χ0v) is 14.1. The van der Waals surface area contributed by atoms with Gasteiger partial charge in [0.2, 0.25) is 0 Å². The van der Waals surface area contributed by atoms with E-state index in [0.29, 0.717) is 19.0 Å². The van der Waals surface area contributed by atoms with E-state index in [1.54, 1.807) is 4.31 Å². The molecule has 0 aromatic heterocycles. The average Bonchev–Trinajstić information content (AvgIpc) is 2.53. The van der Waals surface area contributed by atoms with Crippen molar-refractivity contribution in [2.45, 2.75) is 76.8 Å². The number of nitrogens with zero attached hydrogens (tertiary/aromatic N) is 1. The fraction of sp³-hybridized carbons (Fsp3) is 1.00. The van der Waals surface area contributed by atoms with Gasteiger partial charge in [-0.3, -0.25) is 0 Å². The molecule has 1 saturated carbocycles. The highest BCUT2D eigenvalue weighted by Crippen LogP contribution is 2.29. The van der Waals surface area contributed by atoms with Gasteiger partial charge in [-0.2, -0.15) is 17.4 Å². The molecule has 0 aromatic carbocycles. The summed E-state index contributed by atoms with van der Waals surface area (Å²) in [5.41, 5.74) is 5.76. The number of nitrogens with one attached hydrogen (secondary N) is 1. The highest BCUT2D eigenvalue weighted by Gasteiger charge is 2.34. The van der Waals surface area contributed by atoms with Crippen molar-refractivity contribution in [1.82, 2.24) is 9.03 Å². The summed E-state index contributed by atoms with van der Waals surface area (Å²) in [6.07, 6.45) is 9.84. The summed E-state index contributed by atoms with van der Waals surface area (Å²) in [7, 11) is -3.40. The van der Waals surface area contributed by atoms with Gasteiger partial charge >= 0.3 is 0 Å². The molecule has 124 valence electrons. The second-order valence-electron chi connectivity index (χ2n) is 6.53. The normalized spacial score (nSPS) is 27.6. The molecule has 21 heavy (non-hydrogen) atoms. The molecule has 5 nitrogen and oxygen atoms in total. The highest BCUT2D eigenvalue weighted by molar-refractivity contribution is 7.87. The predicted molar refractivity (Wildman–Crippen MR) is 86.1 cm³/mol. The Morgan fingerprint density at radius 1 is 1.14 bits per heavy atom. The van der Waals surface area contributed by atoms with Crippen LogP contribution < -0.4 is 10.5 Å². The molecule has 0 aromatic rings. The molecule has 2 rings (SSSR count). The SMILES string of the molecule is CCC(NS(=O)(=O)N1CCCCC1CN)C1CCCCC1. The third kappa shape index (κ3) is 4.41. The number of nitrogens with two attached hydrogens (primary N) is 1. The molecule has 2 unspecified atom stereocenters. The Hall–Kier alpha value is -0.170. The van der Waals surface area contributed by atoms with E-state index in [4.69, 9.17) is 5.73 Å². The van der Waals surface area contributed by atoms with Gasteiger partial charge in [-0.15, -0.1) is 0 Å². The van der Waals surface area contributed by atoms with Crippen LogP contribution >= 0.6 is 0 Å². The Morgan fingerprint density at radius 2 is 1.81 bits per heavy atom. The molecule has 6 heteroatoms. The monoisotopic (exact) mass is 317 g/mol. The molecule has 0 amide bonds. The van der Waals surface area contributed by atoms with Crippen molar-refractivity contribution in [2.24, 2.45) is 11.7 Å². The second-order valence-corrected chi connectivity index (χ2v) is 8.19. The predicted octanol–water partition coefficient (Wildman–Crippen LogP) is 1.99. The lowest BCUT2D eigenvalue weighted by Gasteiger charge is -2.37. The summed E-state index contributed by atoms with van der Waals surface area (Å²) < 4.78 is 30.1. The Labute approximate surface area is 129 Å². The first-order valence-corrected chi connectivity index (χ1v) is 10.0. The summed E-state index contributed by atoms with van der Waals surface area (Å²) >= 11 is 0. The lowest BCUT2D eigenvalue weighted by Crippen LogP contribution is -2.54. The van der Waals surface area contributed by atoms with Crippen molar-refractivity contribution in [3.8, 4) is 0 Å². The maximum atomic E-state index is 12.7. The first kappa shape index (κ1) is 17.2. The Kier molecular flexibility index (Phi) is 6.47. The van der Waals surface area contributed by atoms with E-state index >= 15 is 0 Å². The van der Waals surface area contributed by atoms with Gasteiger partial charge in [0.15, 0.2) is 0 Å². The van der Waals surface area contributed by atoms with Gasteiger partial charge < -0.3 is 5.73 Å². The maximum Gasteiger partial charge on any atom is 0.280 e. The van der Waals surface area contributed by atoms with Crippen LogP contribution in [-0.2, 0) is 10.2 Å². The fourth-order valence-corrected chi connectivity index (χ4v) is 5.66. The van der Waals surface area contributed by atoms with Gasteiger partial charge in [-0.25, -0.2) is 0 Å². The number of hydrogen-bond acceptors (Lipinski definition) is 3. The molecule has 1 saturated heterocycles. The molecule has 2 atom stereocenters. The Bertz CT molecular complexity index is 407. The Morgan fingerprint density at radius 3 is 2.43 bits per heavy atom. The molecule has 2 aliphatic rings. The van der Waals surface area contributed by atoms with Gasteiger partial charge in [0, 0.05) is 25.2 Å². The van der Waals surface area contributed by atoms with Gasteiger partial charge in [0.25, 0.3) is 10.2 Å². The van der Waals surface area contributed by atoms with E-state index in [2.05, 4.69) is 11.6 Å². The third-order valence-electron chi connectivity index (χ3n) is 5.11. The Balaban J connectivity index is 2.03. The minimum atomic E-state index is -3.40. The quantitative estimate of drug-likeness (QED) is 0.786. The van der Waals surface area contributed by atoms with Crippen LogP contribution in [0.3, 0.4) is 0 Å². The summed E-state index contributed by atoms with van der Waals surface area (Å²) in [5, 5.41) is 0. The van der Waals surface area contributed by atoms with Crippen molar-refractivity contribution < 1.29 is 8.42 Å². The minimum absolute atomic E-state index is 0.0277. The van der Waals surface area contributed by atoms with E-state index < -0.39 is 10.2 Å². The topological polar surface area (TPSA) is 75.4 Å². The molecule has 2 fully saturated rings. The van der Waals surface area contributed by atoms with Gasteiger partial charge in [-0.1, -0.05) is 32.6 Å². The van der Waals surface area contributed by atoms with Gasteiger partial charge in [0.1, 0.15) is 0 Å². The van der Waals surface area contributed by atoms with Crippen LogP contribution in [0.4, 0.5) is 0 Å². The van der Waals surface area contributed by atoms with Crippen LogP contribution in [0.5, 0.6) is 0 Å². The van der Waals surface area contributed by atoms with E-state index in [9.17, 15) is 8.42 Å². The molecule has 1 aliphatic carbocycles. The smallest absolute Gasteiger partial charge is 0.280 e. The van der Waals surface area contributed by atoms with Crippen molar-refractivity contribution in [3.05, 3.63) is 0 Å². The molecular formula is C15H31N3O2S. The van der Waals surface area contributed by atoms with Crippen LogP contribution in [-0.4, -0.2) is 37.9 Å². The largest absolute Gasteiger partial charge is 0.329 e. The standard InChI is InChI=1S/C15H31N3O2S/c1-2-15(13-8-4-3-5-9-13)17-21(19,20)18-11-7-6-10-14(18)12-16/h13-15,17H,2-12,16H2,1H3. The van der Waals surface area contributed by atoms with Crippen molar-refractivity contribution in [3.63, 3.8) is 0 Å². The van der Waals surface area contributed by atoms with Gasteiger partial charge in [-0.05, 0) is 38.0 Å². The van der Waals surface area contributed by atoms with Crippen LogP contribution in [0.2, 0.25) is 0 Å². The van der Waals surface area contributed by atoms with E-state index in [1.165, 1.54) is 19.3 Å². The summed E-state index contributed by atoms with van der Waals surface area (Å²) in [6, 6.07) is 0.0516. The first-order valence-electron chi connectivity index (χ1n) is 8.57. The summed E-state index contributed by atoms with van der Waals surface area (Å²) in [6.45, 7) is 3.11. The van der Waals surface area contributed by atoms with Gasteiger partial charge in [0.05, 0.1) is 0 Å². The number of piperidine rings is 1. The average molecular weight is 317 g/mol. The van der Waals surface area contributed by atoms with E-state index in [-0.39, 0.29) is 12.1 Å². The van der Waals surface area contributed by atoms with Crippen molar-refractivity contribution >= 4 is 10.2 Å². The molecule has 0 radical (unpaired) electrons. The third-order valence-corrected chi connectivity index (χ3v) is 6.81. The molecule has 3 N–H and O–H groups in total. The summed E-state index contributed by atoms with van der Waals surface area (Å²) in [4.78, 5) is 0. The highest BCUT2D eigenvalue weighted by atomic mass is 32.2. The van der Waals surface area contributed by atoms with E-state index in [1.807, 2.05) is 0 Å². The van der Waals surface area contributed by atoms with Crippen LogP contribution in [0.25, 0.3) is 0 Å². The fourth-order valence-electron chi connectivity index (χ4n) is 3.83. The molecule has 1 aliphatic heterocycles. The molecule has 0 spiro atoms. The molecule has 0 bridgehead atoms. The zero-order chi connectivity index (χ0) is 15.3. The van der Waals surface area contributed by atoms with E-state index in [0.717, 1.165) is 38.5 Å². The number of hydrogen-bond donors (Lipinski definition) is 2. The molecule has 1 heterocycles. The zero-order valence-electron chi connectivity index (χ0n) is 13.3. The minimum Gasteiger partial charge on any atom is -0.329 e. The van der Waals surface area contributed by atoms with Crippen molar-refractivity contribution in [1.29, 1.82) is 0 Å². The van der Waals surface area contributed by atoms with Crippen LogP contribution in [0.15, 0.2) is 0 Å². The molecular weight excluding hydrogens is 286 g/mol. The lowest BCUT2D eigenvalue weighted by atomic mass is 9.83. The maximum absolute atomic E-state index is 12.7. The van der Waals surface area contributed by atoms with Crippen LogP contribution in [0, 0.1) is 5.92 Å². The number of rotatable bonds is 6. The van der Waals surface area contributed by atoms with Crippen molar-refractivity contribution in [2.75, 3.05) is 13.1 Å². The first-order chi connectivity index (χ1) is 10.1. The van der Waals surface area contributed by atoms with Crippen LogP contribution in [0.1, 0.15) is 64.7 Å². The second kappa shape index (κ2) is 7.90. The summed E-state index contributed by atoms with van der Waals surface area (Å²) in [5.74, 6) is 0.500. The lowest BCUT2D eigenvalue weighted by molar-refractivity contribution is 0.241.